The lowest BCUT2D eigenvalue weighted by atomic mass is 10.1. The highest BCUT2D eigenvalue weighted by Gasteiger charge is 2.27. The van der Waals surface area contributed by atoms with Gasteiger partial charge in [-0.05, 0) is 17.7 Å². The first-order chi connectivity index (χ1) is 9.93. The van der Waals surface area contributed by atoms with Gasteiger partial charge in [-0.25, -0.2) is 4.98 Å². The number of nitrogens with one attached hydrogen (secondary N) is 1. The van der Waals surface area contributed by atoms with Gasteiger partial charge in [-0.15, -0.1) is 0 Å². The number of ether oxygens (including phenoxy) is 1. The van der Waals surface area contributed by atoms with Gasteiger partial charge in [0.1, 0.15) is 0 Å². The number of thioether (sulfide) groups is 1. The van der Waals surface area contributed by atoms with Crippen LogP contribution >= 0.6 is 11.8 Å². The van der Waals surface area contributed by atoms with Gasteiger partial charge in [0.15, 0.2) is 0 Å². The molecule has 2 atom stereocenters. The second-order valence-corrected chi connectivity index (χ2v) is 5.89. The highest BCUT2D eigenvalue weighted by molar-refractivity contribution is 7.99. The molecule has 2 heterocycles. The summed E-state index contributed by atoms with van der Waals surface area (Å²) in [7, 11) is 0. The minimum absolute atomic E-state index is 0.179. The molecule has 0 aliphatic carbocycles. The topological polar surface area (TPSA) is 34.2 Å². The van der Waals surface area contributed by atoms with Gasteiger partial charge in [-0.2, -0.15) is 0 Å². The van der Waals surface area contributed by atoms with Gasteiger partial charge in [0.25, 0.3) is 0 Å². The van der Waals surface area contributed by atoms with E-state index in [-0.39, 0.29) is 11.4 Å². The summed E-state index contributed by atoms with van der Waals surface area (Å²) < 4.78 is 5.96. The van der Waals surface area contributed by atoms with E-state index in [1.54, 1.807) is 11.8 Å². The maximum atomic E-state index is 5.96. The van der Waals surface area contributed by atoms with Gasteiger partial charge >= 0.3 is 0 Å². The number of morpholine rings is 1. The Hall–Kier alpha value is -1.36. The van der Waals surface area contributed by atoms with E-state index in [0.29, 0.717) is 0 Å². The Kier molecular flexibility index (Phi) is 4.69. The standard InChI is InChI=1S/C16H18N2OS/c1-2-6-13(7-3-1)16(14-12-17-10-11-19-14)20-15-8-4-5-9-18-15/h1-9,14,16-17H,10-12H2/t14-,16-/m0/s1. The van der Waals surface area contributed by atoms with Gasteiger partial charge in [0, 0.05) is 19.3 Å². The fourth-order valence-electron chi connectivity index (χ4n) is 2.33. The zero-order chi connectivity index (χ0) is 13.6. The lowest BCUT2D eigenvalue weighted by Crippen LogP contribution is -2.41. The molecule has 0 bridgehead atoms. The van der Waals surface area contributed by atoms with E-state index in [1.807, 2.05) is 24.4 Å². The van der Waals surface area contributed by atoms with Crippen molar-refractivity contribution >= 4 is 11.8 Å². The maximum absolute atomic E-state index is 5.96. The molecule has 0 unspecified atom stereocenters. The predicted molar refractivity (Wildman–Crippen MR) is 81.9 cm³/mol. The molecule has 1 N–H and O–H groups in total. The van der Waals surface area contributed by atoms with Crippen LogP contribution in [-0.4, -0.2) is 30.8 Å². The van der Waals surface area contributed by atoms with Gasteiger partial charge < -0.3 is 10.1 Å². The molecule has 104 valence electrons. The molecule has 0 spiro atoms. The van der Waals surface area contributed by atoms with E-state index in [2.05, 4.69) is 40.6 Å². The fourth-order valence-corrected chi connectivity index (χ4v) is 3.49. The second-order valence-electron chi connectivity index (χ2n) is 4.73. The van der Waals surface area contributed by atoms with Crippen molar-refractivity contribution in [3.63, 3.8) is 0 Å². The molecule has 1 aromatic carbocycles. The highest BCUT2D eigenvalue weighted by Crippen LogP contribution is 2.38. The zero-order valence-corrected chi connectivity index (χ0v) is 12.1. The number of pyridine rings is 1. The number of nitrogens with zero attached hydrogens (tertiary/aromatic N) is 1. The van der Waals surface area contributed by atoms with Crippen molar-refractivity contribution < 1.29 is 4.74 Å². The third-order valence-electron chi connectivity index (χ3n) is 3.31. The Bertz CT molecular complexity index is 515. The van der Waals surface area contributed by atoms with Gasteiger partial charge in [0.2, 0.25) is 0 Å². The SMILES string of the molecule is c1ccc([C@H](Sc2ccccn2)[C@@H]2CNCCO2)cc1. The van der Waals surface area contributed by atoms with Crippen LogP contribution in [0, 0.1) is 0 Å². The summed E-state index contributed by atoms with van der Waals surface area (Å²) >= 11 is 1.77. The second kappa shape index (κ2) is 6.88. The molecule has 1 aromatic heterocycles. The number of benzene rings is 1. The summed E-state index contributed by atoms with van der Waals surface area (Å²) in [5, 5.41) is 4.71. The van der Waals surface area contributed by atoms with Gasteiger partial charge in [-0.1, -0.05) is 48.2 Å². The average molecular weight is 286 g/mol. The first kappa shape index (κ1) is 13.6. The Morgan fingerprint density at radius 3 is 2.70 bits per heavy atom. The van der Waals surface area contributed by atoms with Crippen LogP contribution in [0.15, 0.2) is 59.8 Å². The Morgan fingerprint density at radius 1 is 1.15 bits per heavy atom. The Balaban J connectivity index is 1.83. The van der Waals surface area contributed by atoms with Crippen LogP contribution in [0.1, 0.15) is 10.8 Å². The summed E-state index contributed by atoms with van der Waals surface area (Å²) in [6.45, 7) is 2.60. The normalized spacial score (nSPS) is 20.5. The first-order valence-corrected chi connectivity index (χ1v) is 7.76. The number of hydrogen-bond donors (Lipinski definition) is 1. The highest BCUT2D eigenvalue weighted by atomic mass is 32.2. The third-order valence-corrected chi connectivity index (χ3v) is 4.62. The molecule has 0 radical (unpaired) electrons. The van der Waals surface area contributed by atoms with E-state index in [9.17, 15) is 0 Å². The van der Waals surface area contributed by atoms with Crippen LogP contribution in [0.2, 0.25) is 0 Å². The average Bonchev–Trinajstić information content (AvgIpc) is 2.55. The molecule has 1 fully saturated rings. The molecular formula is C16H18N2OS. The van der Waals surface area contributed by atoms with E-state index < -0.39 is 0 Å². The zero-order valence-electron chi connectivity index (χ0n) is 11.2. The van der Waals surface area contributed by atoms with E-state index in [0.717, 1.165) is 24.7 Å². The van der Waals surface area contributed by atoms with Crippen molar-refractivity contribution in [3.8, 4) is 0 Å². The summed E-state index contributed by atoms with van der Waals surface area (Å²) in [6, 6.07) is 16.6. The molecule has 1 saturated heterocycles. The van der Waals surface area contributed by atoms with Crippen molar-refractivity contribution in [2.24, 2.45) is 0 Å². The summed E-state index contributed by atoms with van der Waals surface area (Å²) in [5.41, 5.74) is 1.29. The van der Waals surface area contributed by atoms with Crippen molar-refractivity contribution in [3.05, 3.63) is 60.3 Å². The number of aromatic nitrogens is 1. The molecular weight excluding hydrogens is 268 g/mol. The smallest absolute Gasteiger partial charge is 0.0966 e. The minimum Gasteiger partial charge on any atom is -0.374 e. The van der Waals surface area contributed by atoms with Crippen LogP contribution in [0.5, 0.6) is 0 Å². The van der Waals surface area contributed by atoms with Crippen molar-refractivity contribution in [1.82, 2.24) is 10.3 Å². The molecule has 1 aliphatic heterocycles. The molecule has 1 aliphatic rings. The molecule has 0 amide bonds. The maximum Gasteiger partial charge on any atom is 0.0966 e. The molecule has 3 nitrogen and oxygen atoms in total. The summed E-state index contributed by atoms with van der Waals surface area (Å²) in [4.78, 5) is 4.43. The Morgan fingerprint density at radius 2 is 2.00 bits per heavy atom. The van der Waals surface area contributed by atoms with Crippen LogP contribution in [-0.2, 0) is 4.74 Å². The van der Waals surface area contributed by atoms with Crippen LogP contribution < -0.4 is 5.32 Å². The molecule has 4 heteroatoms. The minimum atomic E-state index is 0.179. The van der Waals surface area contributed by atoms with E-state index >= 15 is 0 Å². The van der Waals surface area contributed by atoms with E-state index in [1.165, 1.54) is 5.56 Å². The lowest BCUT2D eigenvalue weighted by molar-refractivity contribution is 0.0273. The molecule has 20 heavy (non-hydrogen) atoms. The van der Waals surface area contributed by atoms with Crippen molar-refractivity contribution in [2.45, 2.75) is 16.4 Å². The van der Waals surface area contributed by atoms with E-state index in [4.69, 9.17) is 4.74 Å². The van der Waals surface area contributed by atoms with Crippen molar-refractivity contribution in [2.75, 3.05) is 19.7 Å². The monoisotopic (exact) mass is 286 g/mol. The first-order valence-electron chi connectivity index (χ1n) is 6.88. The van der Waals surface area contributed by atoms with Crippen LogP contribution in [0.3, 0.4) is 0 Å². The number of hydrogen-bond acceptors (Lipinski definition) is 4. The van der Waals surface area contributed by atoms with Gasteiger partial charge in [0.05, 0.1) is 23.0 Å². The predicted octanol–water partition coefficient (Wildman–Crippen LogP) is 2.90. The molecule has 2 aromatic rings. The summed E-state index contributed by atoms with van der Waals surface area (Å²) in [5.74, 6) is 0. The Labute approximate surface area is 123 Å². The van der Waals surface area contributed by atoms with Crippen molar-refractivity contribution in [1.29, 1.82) is 0 Å². The van der Waals surface area contributed by atoms with Crippen LogP contribution in [0.4, 0.5) is 0 Å². The van der Waals surface area contributed by atoms with Gasteiger partial charge in [-0.3, -0.25) is 0 Å². The number of rotatable bonds is 4. The van der Waals surface area contributed by atoms with Crippen LogP contribution in [0.25, 0.3) is 0 Å². The fraction of sp³-hybridized carbons (Fsp3) is 0.312. The summed E-state index contributed by atoms with van der Waals surface area (Å²) in [6.07, 6.45) is 2.02. The molecule has 3 rings (SSSR count). The lowest BCUT2D eigenvalue weighted by Gasteiger charge is -2.30. The third kappa shape index (κ3) is 3.39. The largest absolute Gasteiger partial charge is 0.374 e. The molecule has 0 saturated carbocycles. The quantitative estimate of drug-likeness (QED) is 0.876.